The molecule has 0 atom stereocenters. The van der Waals surface area contributed by atoms with Crippen molar-refractivity contribution in [3.8, 4) is 11.2 Å². The van der Waals surface area contributed by atoms with E-state index in [1.807, 2.05) is 0 Å². The number of amides is 1. The van der Waals surface area contributed by atoms with Crippen molar-refractivity contribution in [3.05, 3.63) is 12.7 Å². The van der Waals surface area contributed by atoms with Gasteiger partial charge in [-0.3, -0.25) is 9.35 Å². The lowest BCUT2D eigenvalue weighted by Gasteiger charge is -1.73. The van der Waals surface area contributed by atoms with Gasteiger partial charge in [0.05, 0.1) is 5.25 Å². The van der Waals surface area contributed by atoms with Crippen LogP contribution in [0.25, 0.3) is 0 Å². The van der Waals surface area contributed by atoms with E-state index in [4.69, 9.17) is 4.55 Å². The molecule has 13 heavy (non-hydrogen) atoms. The first-order valence-electron chi connectivity index (χ1n) is 3.22. The summed E-state index contributed by atoms with van der Waals surface area (Å²) in [6.45, 7) is 4.78. The zero-order chi connectivity index (χ0) is 10.9. The van der Waals surface area contributed by atoms with E-state index in [9.17, 15) is 13.2 Å². The quantitative estimate of drug-likeness (QED) is 0.355. The normalized spacial score (nSPS) is 8.46. The van der Waals surface area contributed by atoms with Crippen LogP contribution in [-0.2, 0) is 14.9 Å². The van der Waals surface area contributed by atoms with Gasteiger partial charge in [0.25, 0.3) is 0 Å². The third kappa shape index (κ3) is 24.9. The molecule has 0 unspecified atom stereocenters. The number of carbonyl (C=O) groups is 1. The van der Waals surface area contributed by atoms with Crippen molar-refractivity contribution in [2.45, 2.75) is 13.3 Å². The fraction of sp³-hybridized carbons (Fsp3) is 0.286. The number of primary amides is 1. The molecule has 0 aliphatic rings. The second kappa shape index (κ2) is 7.34. The number of hydrogen-bond acceptors (Lipinski definition) is 3. The van der Waals surface area contributed by atoms with Gasteiger partial charge in [-0.15, -0.1) is 0 Å². The van der Waals surface area contributed by atoms with Crippen LogP contribution in [0.15, 0.2) is 12.7 Å². The zero-order valence-corrected chi connectivity index (χ0v) is 7.97. The number of hydrogen-bond donors (Lipinski definition) is 2. The predicted octanol–water partition coefficient (Wildman–Crippen LogP) is -0.0972. The van der Waals surface area contributed by atoms with E-state index in [-0.39, 0.29) is 0 Å². The van der Waals surface area contributed by atoms with Crippen molar-refractivity contribution in [2.24, 2.45) is 5.73 Å². The van der Waals surface area contributed by atoms with Crippen LogP contribution in [0.3, 0.4) is 0 Å². The summed E-state index contributed by atoms with van der Waals surface area (Å²) < 4.78 is 27.5. The van der Waals surface area contributed by atoms with Gasteiger partial charge >= 0.3 is 10.1 Å². The molecule has 74 valence electrons. The maximum atomic E-state index is 9.77. The Bertz CT molecular complexity index is 320. The molecular weight excluding hydrogens is 194 g/mol. The van der Waals surface area contributed by atoms with Crippen LogP contribution in [0.4, 0.5) is 0 Å². The maximum Gasteiger partial charge on any atom is 0.335 e. The standard InChI is InChI=1S/C4H6O3S.C3H5NO/c1-2-3-4-8(5,6)7;1-2-3(4)5/h2H2,1H3,(H,5,6,7);2H,1H2,(H2,4,5). The average molecular weight is 205 g/mol. The highest BCUT2D eigenvalue weighted by Crippen LogP contribution is 1.75. The van der Waals surface area contributed by atoms with Gasteiger partial charge in [-0.2, -0.15) is 8.42 Å². The largest absolute Gasteiger partial charge is 0.366 e. The highest BCUT2D eigenvalue weighted by molar-refractivity contribution is 7.90. The molecule has 0 aromatic carbocycles. The lowest BCUT2D eigenvalue weighted by atomic mass is 10.5. The Kier molecular flexibility index (Phi) is 8.02. The highest BCUT2D eigenvalue weighted by Gasteiger charge is 1.91. The van der Waals surface area contributed by atoms with Gasteiger partial charge in [0, 0.05) is 6.42 Å². The first-order valence-corrected chi connectivity index (χ1v) is 4.66. The Morgan fingerprint density at radius 1 is 1.69 bits per heavy atom. The number of carbonyl (C=O) groups excluding carboxylic acids is 1. The summed E-state index contributed by atoms with van der Waals surface area (Å²) in [6.07, 6.45) is 1.49. The van der Waals surface area contributed by atoms with E-state index in [1.54, 1.807) is 12.2 Å². The molecule has 0 radical (unpaired) electrons. The molecule has 0 heterocycles. The molecule has 1 amide bonds. The highest BCUT2D eigenvalue weighted by atomic mass is 32.2. The third-order valence-corrected chi connectivity index (χ3v) is 0.981. The van der Waals surface area contributed by atoms with Gasteiger partial charge < -0.3 is 5.73 Å². The molecular formula is C7H11NO4S. The Hall–Kier alpha value is -1.32. The van der Waals surface area contributed by atoms with E-state index >= 15 is 0 Å². The minimum Gasteiger partial charge on any atom is -0.366 e. The van der Waals surface area contributed by atoms with Gasteiger partial charge in [0.1, 0.15) is 0 Å². The van der Waals surface area contributed by atoms with Crippen molar-refractivity contribution >= 4 is 16.0 Å². The summed E-state index contributed by atoms with van der Waals surface area (Å²) in [5, 5.41) is 1.65. The molecule has 5 nitrogen and oxygen atoms in total. The van der Waals surface area contributed by atoms with Crippen molar-refractivity contribution in [1.29, 1.82) is 0 Å². The van der Waals surface area contributed by atoms with E-state index in [0.717, 1.165) is 6.08 Å². The Balaban J connectivity index is 0. The molecule has 0 aliphatic carbocycles. The average Bonchev–Trinajstić information content (AvgIpc) is 2.00. The van der Waals surface area contributed by atoms with Gasteiger partial charge in [-0.1, -0.05) is 19.4 Å². The summed E-state index contributed by atoms with van der Waals surface area (Å²) in [7, 11) is -4.05. The van der Waals surface area contributed by atoms with Gasteiger partial charge in [0.15, 0.2) is 0 Å². The van der Waals surface area contributed by atoms with Crippen LogP contribution in [0.5, 0.6) is 0 Å². The summed E-state index contributed by atoms with van der Waals surface area (Å²) in [4.78, 5) is 9.47. The second-order valence-corrected chi connectivity index (χ2v) is 2.87. The molecule has 0 rings (SSSR count). The molecule has 0 spiro atoms. The lowest BCUT2D eigenvalue weighted by Crippen LogP contribution is -2.04. The van der Waals surface area contributed by atoms with Crippen molar-refractivity contribution in [1.82, 2.24) is 0 Å². The van der Waals surface area contributed by atoms with Crippen LogP contribution in [0.1, 0.15) is 13.3 Å². The van der Waals surface area contributed by atoms with Crippen LogP contribution >= 0.6 is 0 Å². The summed E-state index contributed by atoms with van der Waals surface area (Å²) in [5.41, 5.74) is 4.53. The minimum atomic E-state index is -4.05. The Labute approximate surface area is 77.4 Å². The van der Waals surface area contributed by atoms with Crippen LogP contribution in [0.2, 0.25) is 0 Å². The predicted molar refractivity (Wildman–Crippen MR) is 49.0 cm³/mol. The Morgan fingerprint density at radius 2 is 2.08 bits per heavy atom. The van der Waals surface area contributed by atoms with E-state index in [1.165, 1.54) is 0 Å². The molecule has 3 N–H and O–H groups in total. The SMILES string of the molecule is C=CC(N)=O.CCC#CS(=O)(=O)O. The molecule has 0 saturated heterocycles. The summed E-state index contributed by atoms with van der Waals surface area (Å²) in [6, 6.07) is 0. The monoisotopic (exact) mass is 205 g/mol. The van der Waals surface area contributed by atoms with Gasteiger partial charge in [-0.05, 0) is 6.08 Å². The minimum absolute atomic E-state index is 0.430. The van der Waals surface area contributed by atoms with Crippen LogP contribution < -0.4 is 5.73 Å². The number of nitrogens with two attached hydrogens (primary N) is 1. The van der Waals surface area contributed by atoms with Gasteiger partial charge in [-0.25, -0.2) is 0 Å². The molecule has 0 saturated carbocycles. The van der Waals surface area contributed by atoms with Crippen molar-refractivity contribution < 1.29 is 17.8 Å². The molecule has 0 aliphatic heterocycles. The fourth-order valence-corrected chi connectivity index (χ4v) is 0.490. The number of rotatable bonds is 1. The van der Waals surface area contributed by atoms with Gasteiger partial charge in [0.2, 0.25) is 5.91 Å². The summed E-state index contributed by atoms with van der Waals surface area (Å²) in [5.74, 6) is 1.72. The fourth-order valence-electron chi connectivity index (χ4n) is 0.163. The smallest absolute Gasteiger partial charge is 0.335 e. The molecule has 0 bridgehead atoms. The van der Waals surface area contributed by atoms with E-state index < -0.39 is 16.0 Å². The van der Waals surface area contributed by atoms with Crippen LogP contribution in [-0.4, -0.2) is 18.9 Å². The van der Waals surface area contributed by atoms with Crippen LogP contribution in [0, 0.1) is 11.2 Å². The first kappa shape index (κ1) is 14.2. The zero-order valence-electron chi connectivity index (χ0n) is 7.15. The second-order valence-electron chi connectivity index (χ2n) is 1.71. The van der Waals surface area contributed by atoms with Crippen molar-refractivity contribution in [2.75, 3.05) is 0 Å². The summed E-state index contributed by atoms with van der Waals surface area (Å²) >= 11 is 0. The van der Waals surface area contributed by atoms with E-state index in [2.05, 4.69) is 18.2 Å². The molecule has 0 fully saturated rings. The maximum absolute atomic E-state index is 9.77. The van der Waals surface area contributed by atoms with Crippen molar-refractivity contribution in [3.63, 3.8) is 0 Å². The van der Waals surface area contributed by atoms with E-state index in [0.29, 0.717) is 6.42 Å². The topological polar surface area (TPSA) is 97.5 Å². The molecule has 0 aromatic heterocycles. The first-order chi connectivity index (χ1) is 5.83. The third-order valence-electron chi connectivity index (χ3n) is 0.579. The Morgan fingerprint density at radius 3 is 2.15 bits per heavy atom. The lowest BCUT2D eigenvalue weighted by molar-refractivity contribution is -0.113. The molecule has 0 aromatic rings. The molecule has 6 heteroatoms.